The third kappa shape index (κ3) is 3.39. The Hall–Kier alpha value is -0.930. The summed E-state index contributed by atoms with van der Waals surface area (Å²) >= 11 is 11.3. The number of benzene rings is 1. The van der Waals surface area contributed by atoms with Crippen LogP contribution < -0.4 is 4.90 Å². The Morgan fingerprint density at radius 3 is 2.15 bits per heavy atom. The van der Waals surface area contributed by atoms with E-state index in [0.717, 1.165) is 27.2 Å². The molecule has 2 nitrogen and oxygen atoms in total. The molecule has 0 saturated heterocycles. The van der Waals surface area contributed by atoms with Gasteiger partial charge >= 0.3 is 0 Å². The number of rotatable bonds is 4. The van der Waals surface area contributed by atoms with Gasteiger partial charge in [-0.1, -0.05) is 24.4 Å². The second-order valence-electron chi connectivity index (χ2n) is 5.28. The Balaban J connectivity index is 3.50. The summed E-state index contributed by atoms with van der Waals surface area (Å²) in [6.45, 7) is 11.6. The predicted octanol–water partition coefficient (Wildman–Crippen LogP) is 4.35. The van der Waals surface area contributed by atoms with E-state index in [0.29, 0.717) is 0 Å². The number of hydrogen-bond donors (Lipinski definition) is 0. The van der Waals surface area contributed by atoms with E-state index in [1.165, 1.54) is 0 Å². The lowest BCUT2D eigenvalue weighted by Gasteiger charge is -2.33. The normalized spacial score (nSPS) is 13.8. The Morgan fingerprint density at radius 1 is 1.20 bits per heavy atom. The van der Waals surface area contributed by atoms with Crippen LogP contribution in [0.5, 0.6) is 0 Å². The first-order valence-electron chi connectivity index (χ1n) is 6.72. The van der Waals surface area contributed by atoms with Crippen molar-refractivity contribution in [3.8, 4) is 0 Å². The summed E-state index contributed by atoms with van der Waals surface area (Å²) in [6.07, 6.45) is 0. The third-order valence-electron chi connectivity index (χ3n) is 3.70. The Morgan fingerprint density at radius 2 is 1.70 bits per heavy atom. The van der Waals surface area contributed by atoms with E-state index in [-0.39, 0.29) is 11.9 Å². The molecule has 20 heavy (non-hydrogen) atoms. The molecule has 0 heterocycles. The van der Waals surface area contributed by atoms with Crippen molar-refractivity contribution in [2.45, 2.75) is 53.0 Å². The maximum Gasteiger partial charge on any atom is 0.245 e. The number of alkyl halides is 1. The van der Waals surface area contributed by atoms with Gasteiger partial charge in [0, 0.05) is 4.86 Å². The van der Waals surface area contributed by atoms with Crippen LogP contribution in [0.3, 0.4) is 0 Å². The number of thiocarbonyl (C=S) groups is 1. The Kier molecular flexibility index (Phi) is 5.72. The molecule has 2 atom stereocenters. The minimum Gasteiger partial charge on any atom is -0.303 e. The van der Waals surface area contributed by atoms with Crippen molar-refractivity contribution < 1.29 is 4.79 Å². The van der Waals surface area contributed by atoms with Gasteiger partial charge in [-0.3, -0.25) is 4.79 Å². The van der Waals surface area contributed by atoms with E-state index in [9.17, 15) is 4.79 Å². The van der Waals surface area contributed by atoms with Crippen molar-refractivity contribution in [3.63, 3.8) is 0 Å². The lowest BCUT2D eigenvalue weighted by atomic mass is 10.0. The van der Waals surface area contributed by atoms with E-state index in [2.05, 4.69) is 6.07 Å². The van der Waals surface area contributed by atoms with Crippen LogP contribution in [0.15, 0.2) is 12.1 Å². The molecule has 0 aromatic heterocycles. The molecule has 0 aliphatic rings. The maximum absolute atomic E-state index is 12.5. The third-order valence-corrected chi connectivity index (χ3v) is 4.23. The molecule has 1 rings (SSSR count). The fraction of sp³-hybridized carbons (Fsp3) is 0.500. The average molecular weight is 312 g/mol. The second kappa shape index (κ2) is 6.68. The number of anilines is 1. The SMILES string of the molecule is CC(=S)C(C)N(C(=O)C(C)Cl)c1c(C)ccc(C)c1C. The van der Waals surface area contributed by atoms with Gasteiger partial charge in [-0.2, -0.15) is 0 Å². The summed E-state index contributed by atoms with van der Waals surface area (Å²) in [4.78, 5) is 15.1. The topological polar surface area (TPSA) is 20.3 Å². The molecule has 0 saturated carbocycles. The second-order valence-corrected chi connectivity index (χ2v) is 6.58. The monoisotopic (exact) mass is 311 g/mol. The number of halogens is 1. The van der Waals surface area contributed by atoms with Crippen LogP contribution >= 0.6 is 23.8 Å². The van der Waals surface area contributed by atoms with Crippen molar-refractivity contribution in [3.05, 3.63) is 28.8 Å². The fourth-order valence-corrected chi connectivity index (χ4v) is 2.39. The molecule has 1 aromatic rings. The van der Waals surface area contributed by atoms with Gasteiger partial charge in [0.05, 0.1) is 11.7 Å². The van der Waals surface area contributed by atoms with E-state index >= 15 is 0 Å². The average Bonchev–Trinajstić information content (AvgIpc) is 2.37. The van der Waals surface area contributed by atoms with Gasteiger partial charge in [-0.05, 0) is 58.2 Å². The predicted molar refractivity (Wildman–Crippen MR) is 91.2 cm³/mol. The van der Waals surface area contributed by atoms with Gasteiger partial charge in [-0.25, -0.2) is 0 Å². The molecule has 0 radical (unpaired) electrons. The van der Waals surface area contributed by atoms with Crippen LogP contribution in [0.4, 0.5) is 5.69 Å². The maximum atomic E-state index is 12.5. The minimum absolute atomic E-state index is 0.111. The molecule has 0 bridgehead atoms. The number of aryl methyl sites for hydroxylation is 2. The zero-order chi connectivity index (χ0) is 15.6. The molecule has 2 unspecified atom stereocenters. The van der Waals surface area contributed by atoms with Crippen LogP contribution in [0, 0.1) is 20.8 Å². The van der Waals surface area contributed by atoms with Crippen molar-refractivity contribution in [2.75, 3.05) is 4.90 Å². The highest BCUT2D eigenvalue weighted by Crippen LogP contribution is 2.30. The molecule has 1 amide bonds. The fourth-order valence-electron chi connectivity index (χ4n) is 2.18. The lowest BCUT2D eigenvalue weighted by Crippen LogP contribution is -2.46. The summed E-state index contributed by atoms with van der Waals surface area (Å²) < 4.78 is 0. The van der Waals surface area contributed by atoms with Gasteiger partial charge < -0.3 is 4.90 Å². The van der Waals surface area contributed by atoms with Gasteiger partial charge in [0.2, 0.25) is 5.91 Å². The van der Waals surface area contributed by atoms with Crippen molar-refractivity contribution in [1.82, 2.24) is 0 Å². The summed E-state index contributed by atoms with van der Waals surface area (Å²) in [5.41, 5.74) is 4.24. The largest absolute Gasteiger partial charge is 0.303 e. The molecule has 0 spiro atoms. The number of hydrogen-bond acceptors (Lipinski definition) is 2. The molecule has 0 N–H and O–H groups in total. The van der Waals surface area contributed by atoms with Crippen LogP contribution in [-0.2, 0) is 4.79 Å². The molecular weight excluding hydrogens is 290 g/mol. The quantitative estimate of drug-likeness (QED) is 0.608. The van der Waals surface area contributed by atoms with E-state index in [1.54, 1.807) is 11.8 Å². The highest BCUT2D eigenvalue weighted by atomic mass is 35.5. The van der Waals surface area contributed by atoms with Gasteiger partial charge in [0.1, 0.15) is 5.38 Å². The number of carbonyl (C=O) groups excluding carboxylic acids is 1. The van der Waals surface area contributed by atoms with Gasteiger partial charge in [-0.15, -0.1) is 11.6 Å². The zero-order valence-corrected chi connectivity index (χ0v) is 14.5. The first-order valence-corrected chi connectivity index (χ1v) is 7.57. The molecular formula is C16H22ClNOS. The zero-order valence-electron chi connectivity index (χ0n) is 13.0. The van der Waals surface area contributed by atoms with Crippen molar-refractivity contribution >= 4 is 40.3 Å². The first kappa shape index (κ1) is 17.1. The Bertz CT molecular complexity index is 540. The standard InChI is InChI=1S/C16H22ClNOS/c1-9-7-8-10(2)15(11(9)3)18(13(5)14(6)20)16(19)12(4)17/h7-8,12-13H,1-6H3. The van der Waals surface area contributed by atoms with Gasteiger partial charge in [0.15, 0.2) is 0 Å². The van der Waals surface area contributed by atoms with Gasteiger partial charge in [0.25, 0.3) is 0 Å². The van der Waals surface area contributed by atoms with Crippen LogP contribution in [0.2, 0.25) is 0 Å². The molecule has 0 aliphatic heterocycles. The van der Waals surface area contributed by atoms with E-state index in [4.69, 9.17) is 23.8 Å². The van der Waals surface area contributed by atoms with E-state index < -0.39 is 5.38 Å². The molecule has 110 valence electrons. The molecule has 0 fully saturated rings. The summed E-state index contributed by atoms with van der Waals surface area (Å²) in [5.74, 6) is -0.111. The Labute approximate surface area is 132 Å². The van der Waals surface area contributed by atoms with E-state index in [1.807, 2.05) is 40.7 Å². The minimum atomic E-state index is -0.578. The van der Waals surface area contributed by atoms with Crippen LogP contribution in [0.25, 0.3) is 0 Å². The molecule has 0 aliphatic carbocycles. The summed E-state index contributed by atoms with van der Waals surface area (Å²) in [6, 6.07) is 3.94. The summed E-state index contributed by atoms with van der Waals surface area (Å²) in [5, 5.41) is -0.578. The molecule has 1 aromatic carbocycles. The van der Waals surface area contributed by atoms with Crippen molar-refractivity contribution in [2.24, 2.45) is 0 Å². The molecule has 4 heteroatoms. The van der Waals surface area contributed by atoms with Crippen LogP contribution in [-0.4, -0.2) is 22.2 Å². The summed E-state index contributed by atoms with van der Waals surface area (Å²) in [7, 11) is 0. The highest BCUT2D eigenvalue weighted by Gasteiger charge is 2.28. The smallest absolute Gasteiger partial charge is 0.245 e. The number of nitrogens with zero attached hydrogens (tertiary/aromatic N) is 1. The number of carbonyl (C=O) groups is 1. The first-order chi connectivity index (χ1) is 9.18. The highest BCUT2D eigenvalue weighted by molar-refractivity contribution is 7.80. The van der Waals surface area contributed by atoms with Crippen molar-refractivity contribution in [1.29, 1.82) is 0 Å². The number of amides is 1. The van der Waals surface area contributed by atoms with Crippen LogP contribution in [0.1, 0.15) is 37.5 Å². The lowest BCUT2D eigenvalue weighted by molar-refractivity contribution is -0.118.